The number of aryl methyl sites for hydroxylation is 2. The summed E-state index contributed by atoms with van der Waals surface area (Å²) in [5.41, 5.74) is 8.99. The van der Waals surface area contributed by atoms with E-state index in [1.54, 1.807) is 0 Å². The first-order valence-corrected chi connectivity index (χ1v) is 6.21. The minimum Gasteiger partial charge on any atom is -0.456 e. The van der Waals surface area contributed by atoms with E-state index in [-0.39, 0.29) is 0 Å². The van der Waals surface area contributed by atoms with Gasteiger partial charge in [-0.3, -0.25) is 0 Å². The quantitative estimate of drug-likeness (QED) is 0.898. The van der Waals surface area contributed by atoms with Crippen molar-refractivity contribution in [2.75, 3.05) is 0 Å². The molecule has 94 valence electrons. The molecule has 0 aliphatic rings. The van der Waals surface area contributed by atoms with Gasteiger partial charge in [-0.2, -0.15) is 0 Å². The highest BCUT2D eigenvalue weighted by Crippen LogP contribution is 2.30. The molecule has 0 bridgehead atoms. The van der Waals surface area contributed by atoms with Gasteiger partial charge >= 0.3 is 0 Å². The van der Waals surface area contributed by atoms with Crippen LogP contribution in [-0.4, -0.2) is 0 Å². The van der Waals surface area contributed by atoms with E-state index >= 15 is 0 Å². The standard InChI is InChI=1S/C15H16ClNO/c1-10-3-5-13(7-11(10)2)18-15-6-4-12(9-17)8-14(15)16/h3-8H,9,17H2,1-2H3. The lowest BCUT2D eigenvalue weighted by Crippen LogP contribution is -1.96. The normalized spacial score (nSPS) is 10.4. The zero-order valence-electron chi connectivity index (χ0n) is 10.5. The van der Waals surface area contributed by atoms with Crippen LogP contribution in [0.3, 0.4) is 0 Å². The van der Waals surface area contributed by atoms with E-state index in [2.05, 4.69) is 13.8 Å². The molecule has 2 N–H and O–H groups in total. The summed E-state index contributed by atoms with van der Waals surface area (Å²) in [6.07, 6.45) is 0. The summed E-state index contributed by atoms with van der Waals surface area (Å²) in [5, 5.41) is 0.580. The van der Waals surface area contributed by atoms with Gasteiger partial charge < -0.3 is 10.5 Å². The molecule has 2 rings (SSSR count). The largest absolute Gasteiger partial charge is 0.456 e. The average Bonchev–Trinajstić information content (AvgIpc) is 2.36. The molecule has 0 saturated heterocycles. The molecule has 0 aliphatic heterocycles. The number of halogens is 1. The Morgan fingerprint density at radius 2 is 1.83 bits per heavy atom. The molecule has 2 aromatic carbocycles. The number of nitrogens with two attached hydrogens (primary N) is 1. The van der Waals surface area contributed by atoms with Crippen LogP contribution in [0.1, 0.15) is 16.7 Å². The highest BCUT2D eigenvalue weighted by atomic mass is 35.5. The zero-order valence-corrected chi connectivity index (χ0v) is 11.3. The second-order valence-corrected chi connectivity index (χ2v) is 4.72. The summed E-state index contributed by atoms with van der Waals surface area (Å²) >= 11 is 6.15. The van der Waals surface area contributed by atoms with E-state index in [0.717, 1.165) is 11.3 Å². The number of hydrogen-bond acceptors (Lipinski definition) is 2. The molecular weight excluding hydrogens is 246 g/mol. The minimum absolute atomic E-state index is 0.476. The number of ether oxygens (including phenoxy) is 1. The van der Waals surface area contributed by atoms with Crippen molar-refractivity contribution >= 4 is 11.6 Å². The van der Waals surface area contributed by atoms with Crippen molar-refractivity contribution in [3.05, 3.63) is 58.1 Å². The summed E-state index contributed by atoms with van der Waals surface area (Å²) in [7, 11) is 0. The van der Waals surface area contributed by atoms with Gasteiger partial charge in [0.15, 0.2) is 0 Å². The van der Waals surface area contributed by atoms with Crippen molar-refractivity contribution in [2.24, 2.45) is 5.73 Å². The van der Waals surface area contributed by atoms with Gasteiger partial charge in [-0.1, -0.05) is 23.7 Å². The van der Waals surface area contributed by atoms with E-state index in [0.29, 0.717) is 17.3 Å². The second kappa shape index (κ2) is 5.42. The first kappa shape index (κ1) is 12.9. The van der Waals surface area contributed by atoms with Gasteiger partial charge in [0.25, 0.3) is 0 Å². The van der Waals surface area contributed by atoms with Crippen LogP contribution in [0.25, 0.3) is 0 Å². The van der Waals surface area contributed by atoms with Gasteiger partial charge in [0.2, 0.25) is 0 Å². The van der Waals surface area contributed by atoms with Gasteiger partial charge in [-0.25, -0.2) is 0 Å². The molecular formula is C15H16ClNO. The van der Waals surface area contributed by atoms with Crippen molar-refractivity contribution in [3.63, 3.8) is 0 Å². The van der Waals surface area contributed by atoms with Crippen LogP contribution in [0.5, 0.6) is 11.5 Å². The highest BCUT2D eigenvalue weighted by Gasteiger charge is 2.05. The van der Waals surface area contributed by atoms with Crippen LogP contribution >= 0.6 is 11.6 Å². The molecule has 18 heavy (non-hydrogen) atoms. The minimum atomic E-state index is 0.476. The van der Waals surface area contributed by atoms with E-state index in [1.807, 2.05) is 36.4 Å². The molecule has 2 nitrogen and oxygen atoms in total. The smallest absolute Gasteiger partial charge is 0.146 e. The first-order valence-electron chi connectivity index (χ1n) is 5.84. The predicted molar refractivity (Wildman–Crippen MR) is 75.3 cm³/mol. The lowest BCUT2D eigenvalue weighted by Gasteiger charge is -2.10. The van der Waals surface area contributed by atoms with Crippen molar-refractivity contribution in [2.45, 2.75) is 20.4 Å². The van der Waals surface area contributed by atoms with Crippen LogP contribution in [0.4, 0.5) is 0 Å². The Labute approximate surface area is 112 Å². The molecule has 2 aromatic rings. The molecule has 0 unspecified atom stereocenters. The first-order chi connectivity index (χ1) is 8.60. The lowest BCUT2D eigenvalue weighted by atomic mass is 10.1. The van der Waals surface area contributed by atoms with Crippen LogP contribution in [0.2, 0.25) is 5.02 Å². The molecule has 3 heteroatoms. The lowest BCUT2D eigenvalue weighted by molar-refractivity contribution is 0.482. The Bertz CT molecular complexity index is 566. The number of benzene rings is 2. The van der Waals surface area contributed by atoms with Crippen molar-refractivity contribution in [1.29, 1.82) is 0 Å². The molecule has 0 amide bonds. The third-order valence-electron chi connectivity index (χ3n) is 2.94. The third-order valence-corrected chi connectivity index (χ3v) is 3.23. The Balaban J connectivity index is 2.25. The fourth-order valence-corrected chi connectivity index (χ4v) is 1.90. The molecule has 0 radical (unpaired) electrons. The molecule has 0 heterocycles. The van der Waals surface area contributed by atoms with E-state index in [1.165, 1.54) is 11.1 Å². The van der Waals surface area contributed by atoms with Gasteiger partial charge in [-0.15, -0.1) is 0 Å². The van der Waals surface area contributed by atoms with E-state index < -0.39 is 0 Å². The van der Waals surface area contributed by atoms with E-state index in [4.69, 9.17) is 22.1 Å². The fraction of sp³-hybridized carbons (Fsp3) is 0.200. The maximum Gasteiger partial charge on any atom is 0.146 e. The molecule has 0 atom stereocenters. The van der Waals surface area contributed by atoms with Crippen LogP contribution in [0.15, 0.2) is 36.4 Å². The van der Waals surface area contributed by atoms with Crippen molar-refractivity contribution < 1.29 is 4.74 Å². The zero-order chi connectivity index (χ0) is 13.1. The topological polar surface area (TPSA) is 35.2 Å². The number of hydrogen-bond donors (Lipinski definition) is 1. The average molecular weight is 262 g/mol. The molecule has 0 aliphatic carbocycles. The van der Waals surface area contributed by atoms with Crippen molar-refractivity contribution in [3.8, 4) is 11.5 Å². The van der Waals surface area contributed by atoms with Crippen LogP contribution < -0.4 is 10.5 Å². The monoisotopic (exact) mass is 261 g/mol. The summed E-state index contributed by atoms with van der Waals surface area (Å²) < 4.78 is 5.77. The SMILES string of the molecule is Cc1ccc(Oc2ccc(CN)cc2Cl)cc1C. The molecule has 0 fully saturated rings. The Morgan fingerprint density at radius 1 is 1.06 bits per heavy atom. The maximum atomic E-state index is 6.15. The van der Waals surface area contributed by atoms with Crippen LogP contribution in [0, 0.1) is 13.8 Å². The van der Waals surface area contributed by atoms with Gasteiger partial charge in [-0.05, 0) is 54.8 Å². The van der Waals surface area contributed by atoms with Crippen LogP contribution in [-0.2, 0) is 6.54 Å². The third kappa shape index (κ3) is 2.84. The fourth-order valence-electron chi connectivity index (χ4n) is 1.66. The Hall–Kier alpha value is -1.51. The molecule has 0 spiro atoms. The van der Waals surface area contributed by atoms with Gasteiger partial charge in [0, 0.05) is 6.54 Å². The van der Waals surface area contributed by atoms with E-state index in [9.17, 15) is 0 Å². The van der Waals surface area contributed by atoms with Crippen molar-refractivity contribution in [1.82, 2.24) is 0 Å². The Morgan fingerprint density at radius 3 is 2.44 bits per heavy atom. The molecule has 0 aromatic heterocycles. The number of rotatable bonds is 3. The summed E-state index contributed by atoms with van der Waals surface area (Å²) in [6.45, 7) is 4.60. The van der Waals surface area contributed by atoms with Gasteiger partial charge in [0.05, 0.1) is 5.02 Å². The second-order valence-electron chi connectivity index (χ2n) is 4.32. The van der Waals surface area contributed by atoms with Gasteiger partial charge in [0.1, 0.15) is 11.5 Å². The predicted octanol–water partition coefficient (Wildman–Crippen LogP) is 4.21. The molecule has 0 saturated carbocycles. The maximum absolute atomic E-state index is 6.15. The summed E-state index contributed by atoms with van der Waals surface area (Å²) in [6, 6.07) is 11.6. The Kier molecular flexibility index (Phi) is 3.90. The summed E-state index contributed by atoms with van der Waals surface area (Å²) in [5.74, 6) is 1.44. The summed E-state index contributed by atoms with van der Waals surface area (Å²) in [4.78, 5) is 0. The highest BCUT2D eigenvalue weighted by molar-refractivity contribution is 6.32.